The molecule has 1 heterocycles. The van der Waals surface area contributed by atoms with E-state index in [0.717, 1.165) is 12.0 Å². The molecule has 22 heavy (non-hydrogen) atoms. The molecule has 0 saturated carbocycles. The van der Waals surface area contributed by atoms with Crippen molar-refractivity contribution in [1.29, 1.82) is 0 Å². The van der Waals surface area contributed by atoms with E-state index in [4.69, 9.17) is 5.11 Å². The van der Waals surface area contributed by atoms with Crippen molar-refractivity contribution in [3.8, 4) is 0 Å². The molecule has 0 aromatic heterocycles. The average molecular weight is 305 g/mol. The highest BCUT2D eigenvalue weighted by atomic mass is 16.4. The summed E-state index contributed by atoms with van der Waals surface area (Å²) in [6.07, 6.45) is 0.664. The first-order valence-electron chi connectivity index (χ1n) is 7.14. The van der Waals surface area contributed by atoms with Gasteiger partial charge in [0.15, 0.2) is 0 Å². The van der Waals surface area contributed by atoms with Crippen LogP contribution in [0.5, 0.6) is 0 Å². The van der Waals surface area contributed by atoms with Crippen LogP contribution in [0.25, 0.3) is 0 Å². The van der Waals surface area contributed by atoms with Crippen LogP contribution in [0.4, 0.5) is 4.79 Å². The van der Waals surface area contributed by atoms with Crippen molar-refractivity contribution in [3.05, 3.63) is 35.4 Å². The number of hydrogen-bond donors (Lipinski definition) is 3. The number of carboxylic acids is 1. The molecule has 3 N–H and O–H groups in total. The first-order chi connectivity index (χ1) is 10.6. The molecule has 0 bridgehead atoms. The number of carbonyl (C=O) groups is 3. The van der Waals surface area contributed by atoms with E-state index in [1.807, 2.05) is 18.2 Å². The van der Waals surface area contributed by atoms with Gasteiger partial charge in [0, 0.05) is 19.6 Å². The third-order valence-corrected chi connectivity index (χ3v) is 3.48. The molecule has 0 spiro atoms. The summed E-state index contributed by atoms with van der Waals surface area (Å²) in [5.74, 6) is -1.37. The number of aliphatic carboxylic acids is 1. The fourth-order valence-corrected chi connectivity index (χ4v) is 2.31. The SMILES string of the molecule is O=C(O)CCNC(=O)CNC(=O)N1CCc2ccccc2C1. The minimum absolute atomic E-state index is 0.0567. The first kappa shape index (κ1) is 15.8. The van der Waals surface area contributed by atoms with E-state index in [9.17, 15) is 14.4 Å². The van der Waals surface area contributed by atoms with Crippen molar-refractivity contribution in [3.63, 3.8) is 0 Å². The number of amides is 3. The Morgan fingerprint density at radius 3 is 2.59 bits per heavy atom. The van der Waals surface area contributed by atoms with E-state index in [2.05, 4.69) is 16.7 Å². The van der Waals surface area contributed by atoms with Gasteiger partial charge in [0.1, 0.15) is 0 Å². The van der Waals surface area contributed by atoms with Gasteiger partial charge in [-0.3, -0.25) is 9.59 Å². The maximum absolute atomic E-state index is 12.0. The Morgan fingerprint density at radius 1 is 1.14 bits per heavy atom. The Kier molecular flexibility index (Phi) is 5.35. The van der Waals surface area contributed by atoms with Crippen molar-refractivity contribution in [2.75, 3.05) is 19.6 Å². The highest BCUT2D eigenvalue weighted by Crippen LogP contribution is 2.18. The third kappa shape index (κ3) is 4.47. The summed E-state index contributed by atoms with van der Waals surface area (Å²) in [4.78, 5) is 35.5. The summed E-state index contributed by atoms with van der Waals surface area (Å²) in [7, 11) is 0. The number of fused-ring (bicyclic) bond motifs is 1. The topological polar surface area (TPSA) is 98.7 Å². The van der Waals surface area contributed by atoms with Gasteiger partial charge >= 0.3 is 12.0 Å². The molecule has 118 valence electrons. The van der Waals surface area contributed by atoms with Crippen LogP contribution < -0.4 is 10.6 Å². The van der Waals surface area contributed by atoms with Gasteiger partial charge in [-0.2, -0.15) is 0 Å². The van der Waals surface area contributed by atoms with Gasteiger partial charge in [0.05, 0.1) is 13.0 Å². The second-order valence-electron chi connectivity index (χ2n) is 5.09. The van der Waals surface area contributed by atoms with Gasteiger partial charge in [-0.05, 0) is 17.5 Å². The predicted molar refractivity (Wildman–Crippen MR) is 79.2 cm³/mol. The van der Waals surface area contributed by atoms with Gasteiger partial charge in [-0.15, -0.1) is 0 Å². The molecule has 0 atom stereocenters. The van der Waals surface area contributed by atoms with Gasteiger partial charge in [-0.1, -0.05) is 24.3 Å². The normalized spacial score (nSPS) is 13.2. The molecule has 0 fully saturated rings. The summed E-state index contributed by atoms with van der Waals surface area (Å²) in [5, 5.41) is 13.5. The Bertz CT molecular complexity index is 574. The predicted octanol–water partition coefficient (Wildman–Crippen LogP) is 0.345. The van der Waals surface area contributed by atoms with Crippen LogP contribution in [-0.4, -0.2) is 47.5 Å². The van der Waals surface area contributed by atoms with E-state index in [1.165, 1.54) is 5.56 Å². The maximum Gasteiger partial charge on any atom is 0.318 e. The van der Waals surface area contributed by atoms with Crippen molar-refractivity contribution in [1.82, 2.24) is 15.5 Å². The molecule has 1 aliphatic rings. The maximum atomic E-state index is 12.0. The number of rotatable bonds is 5. The minimum atomic E-state index is -0.976. The average Bonchev–Trinajstić information content (AvgIpc) is 2.51. The number of urea groups is 1. The van der Waals surface area contributed by atoms with Crippen LogP contribution in [0, 0.1) is 0 Å². The highest BCUT2D eigenvalue weighted by molar-refractivity contribution is 5.84. The minimum Gasteiger partial charge on any atom is -0.481 e. The Balaban J connectivity index is 1.74. The van der Waals surface area contributed by atoms with Gasteiger partial charge in [-0.25, -0.2) is 4.79 Å². The second kappa shape index (κ2) is 7.44. The lowest BCUT2D eigenvalue weighted by atomic mass is 10.0. The summed E-state index contributed by atoms with van der Waals surface area (Å²) in [5.41, 5.74) is 2.37. The number of hydrogen-bond acceptors (Lipinski definition) is 3. The van der Waals surface area contributed by atoms with Crippen molar-refractivity contribution in [2.24, 2.45) is 0 Å². The van der Waals surface area contributed by atoms with Crippen LogP contribution in [0.3, 0.4) is 0 Å². The van der Waals surface area contributed by atoms with E-state index in [-0.39, 0.29) is 25.5 Å². The van der Waals surface area contributed by atoms with Crippen molar-refractivity contribution in [2.45, 2.75) is 19.4 Å². The van der Waals surface area contributed by atoms with E-state index < -0.39 is 11.9 Å². The van der Waals surface area contributed by atoms with Gasteiger partial charge in [0.25, 0.3) is 0 Å². The van der Waals surface area contributed by atoms with E-state index in [1.54, 1.807) is 4.90 Å². The third-order valence-electron chi connectivity index (χ3n) is 3.48. The summed E-state index contributed by atoms with van der Waals surface area (Å²) >= 11 is 0. The number of nitrogens with zero attached hydrogens (tertiary/aromatic N) is 1. The second-order valence-corrected chi connectivity index (χ2v) is 5.09. The van der Waals surface area contributed by atoms with Crippen LogP contribution >= 0.6 is 0 Å². The molecule has 1 aromatic rings. The molecule has 1 aromatic carbocycles. The Morgan fingerprint density at radius 2 is 1.86 bits per heavy atom. The largest absolute Gasteiger partial charge is 0.481 e. The van der Waals surface area contributed by atoms with Gasteiger partial charge in [0.2, 0.25) is 5.91 Å². The number of carboxylic acid groups (broad SMARTS) is 1. The first-order valence-corrected chi connectivity index (χ1v) is 7.14. The summed E-state index contributed by atoms with van der Waals surface area (Å²) in [6, 6.07) is 7.68. The lowest BCUT2D eigenvalue weighted by Gasteiger charge is -2.28. The van der Waals surface area contributed by atoms with Crippen LogP contribution in [0.15, 0.2) is 24.3 Å². The lowest BCUT2D eigenvalue weighted by Crippen LogP contribution is -2.46. The molecule has 0 radical (unpaired) electrons. The zero-order valence-electron chi connectivity index (χ0n) is 12.2. The summed E-state index contributed by atoms with van der Waals surface area (Å²) < 4.78 is 0. The van der Waals surface area contributed by atoms with Crippen LogP contribution in [0.2, 0.25) is 0 Å². The molecule has 0 saturated heterocycles. The molecule has 7 nitrogen and oxygen atoms in total. The van der Waals surface area contributed by atoms with Crippen molar-refractivity contribution < 1.29 is 19.5 Å². The molecule has 0 aliphatic carbocycles. The Labute approximate surface area is 128 Å². The van der Waals surface area contributed by atoms with E-state index >= 15 is 0 Å². The van der Waals surface area contributed by atoms with Crippen molar-refractivity contribution >= 4 is 17.9 Å². The Hall–Kier alpha value is -2.57. The molecule has 2 rings (SSSR count). The molecule has 0 unspecified atom stereocenters. The van der Waals surface area contributed by atoms with Gasteiger partial charge < -0.3 is 20.6 Å². The smallest absolute Gasteiger partial charge is 0.318 e. The van der Waals surface area contributed by atoms with Crippen LogP contribution in [0.1, 0.15) is 17.5 Å². The highest BCUT2D eigenvalue weighted by Gasteiger charge is 2.20. The molecule has 7 heteroatoms. The fourth-order valence-electron chi connectivity index (χ4n) is 2.31. The number of benzene rings is 1. The molecule has 1 aliphatic heterocycles. The molecular weight excluding hydrogens is 286 g/mol. The lowest BCUT2D eigenvalue weighted by molar-refractivity contribution is -0.136. The zero-order valence-corrected chi connectivity index (χ0v) is 12.2. The number of carbonyl (C=O) groups excluding carboxylic acids is 2. The molecular formula is C15H19N3O4. The fraction of sp³-hybridized carbons (Fsp3) is 0.400. The quantitative estimate of drug-likeness (QED) is 0.731. The zero-order chi connectivity index (χ0) is 15.9. The standard InChI is InChI=1S/C15H19N3O4/c19-13(16-7-5-14(20)21)9-17-15(22)18-8-6-11-3-1-2-4-12(11)10-18/h1-4H,5-10H2,(H,16,19)(H,17,22)(H,20,21). The van der Waals surface area contributed by atoms with E-state index in [0.29, 0.717) is 13.1 Å². The summed E-state index contributed by atoms with van der Waals surface area (Å²) in [6.45, 7) is 1.05. The van der Waals surface area contributed by atoms with Crippen LogP contribution in [-0.2, 0) is 22.6 Å². The number of nitrogens with one attached hydrogen (secondary N) is 2. The molecule has 3 amide bonds. The monoisotopic (exact) mass is 305 g/mol.